The van der Waals surface area contributed by atoms with Gasteiger partial charge in [-0.05, 0) is 29.9 Å². The molecule has 8 nitrogen and oxygen atoms in total. The summed E-state index contributed by atoms with van der Waals surface area (Å²) in [5.41, 5.74) is 3.95. The number of ether oxygens (including phenoxy) is 1. The summed E-state index contributed by atoms with van der Waals surface area (Å²) in [5, 5.41) is 1.84. The Morgan fingerprint density at radius 2 is 1.97 bits per heavy atom. The third-order valence-electron chi connectivity index (χ3n) is 5.39. The highest BCUT2D eigenvalue weighted by molar-refractivity contribution is 7.99. The molecular formula is C23H25N7OS2. The Hall–Kier alpha value is -2.69. The smallest absolute Gasteiger partial charge is 0.168 e. The lowest BCUT2D eigenvalue weighted by atomic mass is 10.2. The largest absolute Gasteiger partial charge is 0.364 e. The van der Waals surface area contributed by atoms with Crippen molar-refractivity contribution in [3.05, 3.63) is 48.8 Å². The fourth-order valence-corrected chi connectivity index (χ4v) is 5.74. The van der Waals surface area contributed by atoms with E-state index in [4.69, 9.17) is 4.74 Å². The molecule has 0 N–H and O–H groups in total. The van der Waals surface area contributed by atoms with E-state index in [0.29, 0.717) is 13.3 Å². The highest BCUT2D eigenvalue weighted by Gasteiger charge is 2.26. The molecule has 0 unspecified atom stereocenters. The van der Waals surface area contributed by atoms with Crippen molar-refractivity contribution in [2.24, 2.45) is 0 Å². The summed E-state index contributed by atoms with van der Waals surface area (Å²) in [4.78, 5) is 25.9. The number of aromatic nitrogens is 6. The third-order valence-corrected chi connectivity index (χ3v) is 7.50. The number of rotatable bonds is 9. The topological polar surface area (TPSA) is 81.9 Å². The first-order chi connectivity index (χ1) is 16.3. The fourth-order valence-electron chi connectivity index (χ4n) is 3.81. The molecule has 0 aliphatic carbocycles. The Labute approximate surface area is 201 Å². The van der Waals surface area contributed by atoms with Gasteiger partial charge in [-0.3, -0.25) is 4.90 Å². The van der Waals surface area contributed by atoms with Crippen LogP contribution in [0, 0.1) is 0 Å². The van der Waals surface area contributed by atoms with Crippen LogP contribution in [-0.2, 0) is 11.3 Å². The molecule has 1 aliphatic heterocycles. The highest BCUT2D eigenvalue weighted by atomic mass is 32.2. The quantitative estimate of drug-likeness (QED) is 0.184. The SMILES string of the molecule is CCCCCSc1ncnc2c1ncn2Cc1ccc2c(c1)N(COC)c1nccnc1S2. The molecule has 0 amide bonds. The van der Waals surface area contributed by atoms with Gasteiger partial charge in [0.05, 0.1) is 18.6 Å². The van der Waals surface area contributed by atoms with Crippen molar-refractivity contribution in [2.75, 3.05) is 24.5 Å². The van der Waals surface area contributed by atoms with E-state index < -0.39 is 0 Å². The number of hydrogen-bond donors (Lipinski definition) is 0. The predicted molar refractivity (Wildman–Crippen MR) is 131 cm³/mol. The molecule has 4 heterocycles. The average Bonchev–Trinajstić information content (AvgIpc) is 3.25. The average molecular weight is 480 g/mol. The summed E-state index contributed by atoms with van der Waals surface area (Å²) >= 11 is 3.40. The number of hydrogen-bond acceptors (Lipinski definition) is 9. The first-order valence-corrected chi connectivity index (χ1v) is 12.8. The molecule has 0 atom stereocenters. The van der Waals surface area contributed by atoms with E-state index >= 15 is 0 Å². The van der Waals surface area contributed by atoms with Crippen molar-refractivity contribution in [3.8, 4) is 0 Å². The Morgan fingerprint density at radius 3 is 2.85 bits per heavy atom. The van der Waals surface area contributed by atoms with Crippen molar-refractivity contribution >= 4 is 46.2 Å². The van der Waals surface area contributed by atoms with Crippen molar-refractivity contribution in [2.45, 2.75) is 47.7 Å². The van der Waals surface area contributed by atoms with Gasteiger partial charge in [-0.15, -0.1) is 11.8 Å². The molecule has 5 rings (SSSR count). The summed E-state index contributed by atoms with van der Waals surface area (Å²) in [6, 6.07) is 6.47. The molecule has 33 heavy (non-hydrogen) atoms. The zero-order valence-corrected chi connectivity index (χ0v) is 20.3. The van der Waals surface area contributed by atoms with Crippen molar-refractivity contribution in [1.29, 1.82) is 0 Å². The zero-order valence-electron chi connectivity index (χ0n) is 18.6. The van der Waals surface area contributed by atoms with E-state index in [-0.39, 0.29) is 0 Å². The van der Waals surface area contributed by atoms with Gasteiger partial charge in [0.2, 0.25) is 0 Å². The first kappa shape index (κ1) is 22.1. The molecular weight excluding hydrogens is 454 g/mol. The van der Waals surface area contributed by atoms with Gasteiger partial charge in [0, 0.05) is 24.4 Å². The minimum absolute atomic E-state index is 0.405. The van der Waals surface area contributed by atoms with E-state index in [0.717, 1.165) is 48.9 Å². The van der Waals surface area contributed by atoms with Crippen LogP contribution in [0.15, 0.2) is 58.2 Å². The molecule has 3 aromatic heterocycles. The van der Waals surface area contributed by atoms with Crippen LogP contribution in [0.25, 0.3) is 11.2 Å². The summed E-state index contributed by atoms with van der Waals surface area (Å²) in [6.45, 7) is 3.29. The minimum atomic E-state index is 0.405. The van der Waals surface area contributed by atoms with E-state index in [2.05, 4.69) is 59.5 Å². The van der Waals surface area contributed by atoms with E-state index in [1.807, 2.05) is 6.33 Å². The van der Waals surface area contributed by atoms with Crippen molar-refractivity contribution in [1.82, 2.24) is 29.5 Å². The first-order valence-electron chi connectivity index (χ1n) is 11.0. The molecule has 1 aromatic carbocycles. The van der Waals surface area contributed by atoms with Gasteiger partial charge < -0.3 is 9.30 Å². The molecule has 10 heteroatoms. The predicted octanol–water partition coefficient (Wildman–Crippen LogP) is 5.15. The fraction of sp³-hybridized carbons (Fsp3) is 0.348. The van der Waals surface area contributed by atoms with Crippen LogP contribution in [0.3, 0.4) is 0 Å². The van der Waals surface area contributed by atoms with Crippen LogP contribution in [0.4, 0.5) is 11.5 Å². The van der Waals surface area contributed by atoms with Gasteiger partial charge >= 0.3 is 0 Å². The van der Waals surface area contributed by atoms with Gasteiger partial charge in [-0.1, -0.05) is 37.6 Å². The number of methoxy groups -OCH3 is 1. The molecule has 0 saturated heterocycles. The number of unbranched alkanes of at least 4 members (excludes halogenated alkanes) is 2. The molecule has 0 saturated carbocycles. The van der Waals surface area contributed by atoms with Crippen LogP contribution in [0.1, 0.15) is 31.7 Å². The van der Waals surface area contributed by atoms with Gasteiger partial charge in [0.1, 0.15) is 28.6 Å². The Kier molecular flexibility index (Phi) is 6.75. The van der Waals surface area contributed by atoms with Crippen LogP contribution >= 0.6 is 23.5 Å². The van der Waals surface area contributed by atoms with Gasteiger partial charge in [-0.25, -0.2) is 24.9 Å². The summed E-state index contributed by atoms with van der Waals surface area (Å²) in [7, 11) is 1.69. The number of imidazole rings is 1. The Bertz CT molecular complexity index is 1260. The van der Waals surface area contributed by atoms with Crippen LogP contribution in [-0.4, -0.2) is 49.1 Å². The zero-order chi connectivity index (χ0) is 22.6. The monoisotopic (exact) mass is 479 g/mol. The minimum Gasteiger partial charge on any atom is -0.364 e. The van der Waals surface area contributed by atoms with E-state index in [1.165, 1.54) is 19.3 Å². The van der Waals surface area contributed by atoms with Gasteiger partial charge in [0.15, 0.2) is 11.5 Å². The molecule has 0 bridgehead atoms. The lowest BCUT2D eigenvalue weighted by Crippen LogP contribution is -2.24. The standard InChI is InChI=1S/C23H25N7OS2/c1-3-4-5-10-32-22-19-20(26-13-27-22)29(14-28-19)12-16-6-7-18-17(11-16)30(15-31-2)21-23(33-18)25-9-8-24-21/h6-9,11,13-14H,3-5,10,12,15H2,1-2H3. The van der Waals surface area contributed by atoms with Gasteiger partial charge in [-0.2, -0.15) is 0 Å². The number of fused-ring (bicyclic) bond motifs is 3. The van der Waals surface area contributed by atoms with E-state index in [1.54, 1.807) is 49.4 Å². The molecule has 0 radical (unpaired) electrons. The van der Waals surface area contributed by atoms with Crippen LogP contribution < -0.4 is 4.90 Å². The lowest BCUT2D eigenvalue weighted by molar-refractivity contribution is 0.204. The molecule has 170 valence electrons. The Balaban J connectivity index is 1.41. The number of nitrogens with zero attached hydrogens (tertiary/aromatic N) is 7. The maximum Gasteiger partial charge on any atom is 0.168 e. The maximum atomic E-state index is 5.47. The van der Waals surface area contributed by atoms with Crippen LogP contribution in [0.2, 0.25) is 0 Å². The highest BCUT2D eigenvalue weighted by Crippen LogP contribution is 2.46. The Morgan fingerprint density at radius 1 is 1.06 bits per heavy atom. The maximum absolute atomic E-state index is 5.47. The molecule has 0 spiro atoms. The number of anilines is 2. The van der Waals surface area contributed by atoms with Gasteiger partial charge in [0.25, 0.3) is 0 Å². The third kappa shape index (κ3) is 4.55. The second-order valence-corrected chi connectivity index (χ2v) is 9.83. The van der Waals surface area contributed by atoms with Crippen molar-refractivity contribution < 1.29 is 4.74 Å². The molecule has 4 aromatic rings. The second kappa shape index (κ2) is 10.1. The van der Waals surface area contributed by atoms with Crippen molar-refractivity contribution in [3.63, 3.8) is 0 Å². The summed E-state index contributed by atoms with van der Waals surface area (Å²) in [6.07, 6.45) is 10.6. The summed E-state index contributed by atoms with van der Waals surface area (Å²) < 4.78 is 7.56. The second-order valence-electron chi connectivity index (χ2n) is 7.71. The lowest BCUT2D eigenvalue weighted by Gasteiger charge is -2.30. The van der Waals surface area contributed by atoms with E-state index in [9.17, 15) is 0 Å². The number of thioether (sulfide) groups is 1. The molecule has 1 aliphatic rings. The van der Waals surface area contributed by atoms with Crippen LogP contribution in [0.5, 0.6) is 0 Å². The molecule has 0 fully saturated rings. The summed E-state index contributed by atoms with van der Waals surface area (Å²) in [5.74, 6) is 1.87. The number of benzene rings is 1. The normalized spacial score (nSPS) is 12.7.